The molecule has 7 heteroatoms. The summed E-state index contributed by atoms with van der Waals surface area (Å²) >= 11 is 11.6. The van der Waals surface area contributed by atoms with Gasteiger partial charge in [-0.3, -0.25) is 0 Å². The number of hydrogen-bond acceptors (Lipinski definition) is 3. The van der Waals surface area contributed by atoms with Gasteiger partial charge in [-0.25, -0.2) is 12.8 Å². The van der Waals surface area contributed by atoms with Crippen molar-refractivity contribution in [1.82, 2.24) is 0 Å². The molecule has 108 valence electrons. The van der Waals surface area contributed by atoms with E-state index in [0.29, 0.717) is 0 Å². The number of sulfone groups is 1. The molecule has 2 aromatic rings. The highest BCUT2D eigenvalue weighted by Gasteiger charge is 2.20. The van der Waals surface area contributed by atoms with Gasteiger partial charge < -0.3 is 0 Å². The number of nitriles is 1. The van der Waals surface area contributed by atoms with E-state index in [-0.39, 0.29) is 26.1 Å². The molecule has 0 unspecified atom stereocenters. The summed E-state index contributed by atoms with van der Waals surface area (Å²) in [5.74, 6) is -1.14. The molecule has 0 aromatic heterocycles. The van der Waals surface area contributed by atoms with E-state index in [1.807, 2.05) is 0 Å². The van der Waals surface area contributed by atoms with Crippen LogP contribution in [0.3, 0.4) is 0 Å². The van der Waals surface area contributed by atoms with Crippen LogP contribution in [0.4, 0.5) is 4.39 Å². The van der Waals surface area contributed by atoms with Crippen molar-refractivity contribution < 1.29 is 12.8 Å². The van der Waals surface area contributed by atoms with Crippen LogP contribution in [0.5, 0.6) is 0 Å². The number of nitrogens with zero attached hydrogens (tertiary/aromatic N) is 1. The van der Waals surface area contributed by atoms with Gasteiger partial charge in [0.15, 0.2) is 9.84 Å². The fourth-order valence-corrected chi connectivity index (χ4v) is 3.95. The van der Waals surface area contributed by atoms with Crippen LogP contribution in [0, 0.1) is 17.1 Å². The SMILES string of the molecule is N#Cc1cc(F)cc(CS(=O)(=O)c2cc(Cl)ccc2Cl)c1. The lowest BCUT2D eigenvalue weighted by atomic mass is 10.1. The molecule has 0 radical (unpaired) electrons. The minimum absolute atomic E-state index is 0.0382. The molecular weight excluding hydrogens is 336 g/mol. The number of halogens is 3. The van der Waals surface area contributed by atoms with Gasteiger partial charge in [-0.1, -0.05) is 23.2 Å². The Hall–Kier alpha value is -1.61. The summed E-state index contributed by atoms with van der Waals surface area (Å²) in [4.78, 5) is -0.126. The maximum absolute atomic E-state index is 13.3. The van der Waals surface area contributed by atoms with Crippen molar-refractivity contribution in [2.24, 2.45) is 0 Å². The van der Waals surface area contributed by atoms with Crippen LogP contribution in [-0.2, 0) is 15.6 Å². The Bertz CT molecular complexity index is 845. The van der Waals surface area contributed by atoms with Crippen LogP contribution < -0.4 is 0 Å². The largest absolute Gasteiger partial charge is 0.223 e. The molecule has 3 nitrogen and oxygen atoms in total. The lowest BCUT2D eigenvalue weighted by Crippen LogP contribution is -2.06. The van der Waals surface area contributed by atoms with E-state index in [1.165, 1.54) is 24.3 Å². The first kappa shape index (κ1) is 15.8. The van der Waals surface area contributed by atoms with Crippen LogP contribution >= 0.6 is 23.2 Å². The van der Waals surface area contributed by atoms with Gasteiger partial charge in [0.25, 0.3) is 0 Å². The third-order valence-electron chi connectivity index (χ3n) is 2.67. The lowest BCUT2D eigenvalue weighted by Gasteiger charge is -2.08. The highest BCUT2D eigenvalue weighted by molar-refractivity contribution is 7.90. The summed E-state index contributed by atoms with van der Waals surface area (Å²) in [7, 11) is -3.80. The monoisotopic (exact) mass is 343 g/mol. The molecule has 0 heterocycles. The zero-order chi connectivity index (χ0) is 15.6. The Kier molecular flexibility index (Phi) is 4.52. The molecule has 0 spiro atoms. The third-order valence-corrected chi connectivity index (χ3v) is 5.07. The molecule has 0 amide bonds. The molecule has 0 N–H and O–H groups in total. The smallest absolute Gasteiger partial charge is 0.184 e. The zero-order valence-electron chi connectivity index (χ0n) is 10.5. The minimum Gasteiger partial charge on any atom is -0.223 e. The predicted octanol–water partition coefficient (Wildman–Crippen LogP) is 3.98. The van der Waals surface area contributed by atoms with Gasteiger partial charge in [0.05, 0.1) is 27.3 Å². The van der Waals surface area contributed by atoms with Crippen molar-refractivity contribution in [3.8, 4) is 6.07 Å². The molecule has 0 fully saturated rings. The quantitative estimate of drug-likeness (QED) is 0.846. The first-order valence-corrected chi connectivity index (χ1v) is 8.10. The van der Waals surface area contributed by atoms with Gasteiger partial charge in [0.1, 0.15) is 5.82 Å². The Balaban J connectivity index is 2.45. The zero-order valence-corrected chi connectivity index (χ0v) is 12.8. The molecule has 0 aliphatic rings. The van der Waals surface area contributed by atoms with Crippen molar-refractivity contribution in [3.63, 3.8) is 0 Å². The molecule has 2 rings (SSSR count). The van der Waals surface area contributed by atoms with Gasteiger partial charge in [-0.05, 0) is 42.0 Å². The summed E-state index contributed by atoms with van der Waals surface area (Å²) in [6, 6.07) is 9.28. The first-order valence-electron chi connectivity index (χ1n) is 5.69. The van der Waals surface area contributed by atoms with Crippen molar-refractivity contribution in [3.05, 3.63) is 63.4 Å². The molecule has 0 bridgehead atoms. The summed E-state index contributed by atoms with van der Waals surface area (Å²) in [5.41, 5.74) is 0.222. The van der Waals surface area contributed by atoms with E-state index in [4.69, 9.17) is 28.5 Å². The Morgan fingerprint density at radius 1 is 1.14 bits per heavy atom. The summed E-state index contributed by atoms with van der Waals surface area (Å²) < 4.78 is 38.0. The highest BCUT2D eigenvalue weighted by Crippen LogP contribution is 2.28. The van der Waals surface area contributed by atoms with Gasteiger partial charge in [0.2, 0.25) is 0 Å². The first-order chi connectivity index (χ1) is 9.81. The maximum atomic E-state index is 13.3. The van der Waals surface area contributed by atoms with Gasteiger partial charge in [-0.2, -0.15) is 5.26 Å². The molecule has 0 aliphatic heterocycles. The predicted molar refractivity (Wildman–Crippen MR) is 78.5 cm³/mol. The summed E-state index contributed by atoms with van der Waals surface area (Å²) in [5, 5.41) is 9.05. The molecule has 0 atom stereocenters. The van der Waals surface area contributed by atoms with E-state index in [0.717, 1.165) is 12.1 Å². The molecule has 0 saturated heterocycles. The van der Waals surface area contributed by atoms with Crippen molar-refractivity contribution in [1.29, 1.82) is 5.26 Å². The summed E-state index contributed by atoms with van der Waals surface area (Å²) in [6.45, 7) is 0. The molecule has 21 heavy (non-hydrogen) atoms. The molecule has 2 aromatic carbocycles. The Morgan fingerprint density at radius 2 is 1.86 bits per heavy atom. The van der Waals surface area contributed by atoms with Crippen molar-refractivity contribution in [2.45, 2.75) is 10.6 Å². The van der Waals surface area contributed by atoms with Crippen LogP contribution in [0.15, 0.2) is 41.3 Å². The van der Waals surface area contributed by atoms with E-state index in [9.17, 15) is 12.8 Å². The normalized spacial score (nSPS) is 11.1. The fourth-order valence-electron chi connectivity index (χ4n) is 1.81. The Morgan fingerprint density at radius 3 is 2.52 bits per heavy atom. The van der Waals surface area contributed by atoms with E-state index in [1.54, 1.807) is 6.07 Å². The average Bonchev–Trinajstić information content (AvgIpc) is 2.40. The second-order valence-corrected chi connectivity index (χ2v) is 7.10. The van der Waals surface area contributed by atoms with Crippen molar-refractivity contribution >= 4 is 33.0 Å². The second-order valence-electron chi connectivity index (χ2n) is 4.29. The number of hydrogen-bond donors (Lipinski definition) is 0. The van der Waals surface area contributed by atoms with Gasteiger partial charge in [-0.15, -0.1) is 0 Å². The summed E-state index contributed by atoms with van der Waals surface area (Å²) in [6.07, 6.45) is 0. The molecule has 0 saturated carbocycles. The van der Waals surface area contributed by atoms with Crippen LogP contribution in [-0.4, -0.2) is 8.42 Å². The average molecular weight is 344 g/mol. The number of benzene rings is 2. The topological polar surface area (TPSA) is 57.9 Å². The van der Waals surface area contributed by atoms with Crippen LogP contribution in [0.1, 0.15) is 11.1 Å². The van der Waals surface area contributed by atoms with Gasteiger partial charge in [0, 0.05) is 5.02 Å². The van der Waals surface area contributed by atoms with Crippen molar-refractivity contribution in [2.75, 3.05) is 0 Å². The van der Waals surface area contributed by atoms with E-state index < -0.39 is 21.4 Å². The van der Waals surface area contributed by atoms with E-state index >= 15 is 0 Å². The maximum Gasteiger partial charge on any atom is 0.184 e. The lowest BCUT2D eigenvalue weighted by molar-refractivity contribution is 0.594. The highest BCUT2D eigenvalue weighted by atomic mass is 35.5. The van der Waals surface area contributed by atoms with Crippen LogP contribution in [0.2, 0.25) is 10.0 Å². The van der Waals surface area contributed by atoms with E-state index in [2.05, 4.69) is 0 Å². The standard InChI is InChI=1S/C14H8Cl2FNO2S/c15-11-1-2-13(16)14(6-11)21(19,20)8-10-3-9(7-18)4-12(17)5-10/h1-6H,8H2. The minimum atomic E-state index is -3.80. The van der Waals surface area contributed by atoms with Crippen LogP contribution in [0.25, 0.3) is 0 Å². The Labute approximate surface area is 131 Å². The molecule has 0 aliphatic carbocycles. The van der Waals surface area contributed by atoms with Gasteiger partial charge >= 0.3 is 0 Å². The second kappa shape index (κ2) is 6.02. The molecular formula is C14H8Cl2FNO2S. The number of rotatable bonds is 3. The fraction of sp³-hybridized carbons (Fsp3) is 0.0714. The third kappa shape index (κ3) is 3.73.